The fraction of sp³-hybridized carbons (Fsp3) is 0.0769. The molecular formula is C13H13ClN2. The van der Waals surface area contributed by atoms with Gasteiger partial charge in [0.05, 0.1) is 0 Å². The molecule has 0 aromatic heterocycles. The van der Waals surface area contributed by atoms with Gasteiger partial charge in [0, 0.05) is 22.8 Å². The standard InChI is InChI=1S/C13H13ClN2/c14-11-5-6-12(13(16)7-11)10-3-1-9(8-15)2-4-10/h1-7H,8,15-16H2. The van der Waals surface area contributed by atoms with Crippen LogP contribution in [-0.2, 0) is 6.54 Å². The minimum atomic E-state index is 0.552. The first-order chi connectivity index (χ1) is 7.70. The number of nitrogens with two attached hydrogens (primary N) is 2. The molecule has 0 saturated carbocycles. The van der Waals surface area contributed by atoms with E-state index in [1.807, 2.05) is 36.4 Å². The van der Waals surface area contributed by atoms with Gasteiger partial charge >= 0.3 is 0 Å². The number of halogens is 1. The first-order valence-corrected chi connectivity index (χ1v) is 5.43. The number of anilines is 1. The summed E-state index contributed by atoms with van der Waals surface area (Å²) >= 11 is 5.86. The number of benzene rings is 2. The third-order valence-electron chi connectivity index (χ3n) is 2.51. The highest BCUT2D eigenvalue weighted by Crippen LogP contribution is 2.28. The van der Waals surface area contributed by atoms with E-state index in [9.17, 15) is 0 Å². The highest BCUT2D eigenvalue weighted by atomic mass is 35.5. The third-order valence-corrected chi connectivity index (χ3v) is 2.75. The smallest absolute Gasteiger partial charge is 0.0426 e. The predicted octanol–water partition coefficient (Wildman–Crippen LogP) is 3.05. The number of rotatable bonds is 2. The van der Waals surface area contributed by atoms with Crippen LogP contribution in [0.3, 0.4) is 0 Å². The number of nitrogen functional groups attached to an aromatic ring is 1. The van der Waals surface area contributed by atoms with Crippen molar-refractivity contribution < 1.29 is 0 Å². The van der Waals surface area contributed by atoms with Gasteiger partial charge in [-0.3, -0.25) is 0 Å². The fourth-order valence-electron chi connectivity index (χ4n) is 1.62. The minimum absolute atomic E-state index is 0.552. The van der Waals surface area contributed by atoms with Crippen LogP contribution in [0.1, 0.15) is 5.56 Å². The molecule has 2 aromatic carbocycles. The van der Waals surface area contributed by atoms with E-state index >= 15 is 0 Å². The largest absolute Gasteiger partial charge is 0.398 e. The molecule has 0 aliphatic heterocycles. The molecule has 3 heteroatoms. The second kappa shape index (κ2) is 4.56. The molecule has 0 atom stereocenters. The van der Waals surface area contributed by atoms with E-state index in [2.05, 4.69) is 0 Å². The maximum absolute atomic E-state index is 5.91. The van der Waals surface area contributed by atoms with E-state index in [0.717, 1.165) is 16.7 Å². The lowest BCUT2D eigenvalue weighted by atomic mass is 10.0. The van der Waals surface area contributed by atoms with Crippen LogP contribution < -0.4 is 11.5 Å². The van der Waals surface area contributed by atoms with Gasteiger partial charge in [0.25, 0.3) is 0 Å². The van der Waals surface area contributed by atoms with Gasteiger partial charge < -0.3 is 11.5 Å². The first kappa shape index (κ1) is 11.0. The predicted molar refractivity (Wildman–Crippen MR) is 69.2 cm³/mol. The molecule has 0 fully saturated rings. The summed E-state index contributed by atoms with van der Waals surface area (Å²) in [5, 5.41) is 0.653. The van der Waals surface area contributed by atoms with E-state index in [-0.39, 0.29) is 0 Å². The molecule has 0 aliphatic carbocycles. The van der Waals surface area contributed by atoms with Crippen LogP contribution in [0.2, 0.25) is 5.02 Å². The van der Waals surface area contributed by atoms with Crippen molar-refractivity contribution in [3.8, 4) is 11.1 Å². The molecule has 0 amide bonds. The monoisotopic (exact) mass is 232 g/mol. The summed E-state index contributed by atoms with van der Waals surface area (Å²) in [6, 6.07) is 13.6. The summed E-state index contributed by atoms with van der Waals surface area (Å²) in [4.78, 5) is 0. The van der Waals surface area contributed by atoms with Gasteiger partial charge in [0.15, 0.2) is 0 Å². The Hall–Kier alpha value is -1.51. The van der Waals surface area contributed by atoms with Gasteiger partial charge in [-0.15, -0.1) is 0 Å². The van der Waals surface area contributed by atoms with Crippen LogP contribution in [0.4, 0.5) is 5.69 Å². The van der Waals surface area contributed by atoms with E-state index < -0.39 is 0 Å². The number of hydrogen-bond acceptors (Lipinski definition) is 2. The second-order valence-electron chi connectivity index (χ2n) is 3.63. The van der Waals surface area contributed by atoms with Crippen molar-refractivity contribution in [1.29, 1.82) is 0 Å². The van der Waals surface area contributed by atoms with Crippen LogP contribution >= 0.6 is 11.6 Å². The Labute approximate surface area is 99.8 Å². The maximum atomic E-state index is 5.91. The molecule has 0 bridgehead atoms. The molecule has 0 spiro atoms. The van der Waals surface area contributed by atoms with Crippen LogP contribution in [0.5, 0.6) is 0 Å². The van der Waals surface area contributed by atoms with Gasteiger partial charge in [0.1, 0.15) is 0 Å². The summed E-state index contributed by atoms with van der Waals surface area (Å²) in [5.74, 6) is 0. The average Bonchev–Trinajstić information content (AvgIpc) is 2.29. The Morgan fingerprint density at radius 1 is 1.00 bits per heavy atom. The Kier molecular flexibility index (Phi) is 3.13. The number of hydrogen-bond donors (Lipinski definition) is 2. The lowest BCUT2D eigenvalue weighted by Crippen LogP contribution is -1.95. The van der Waals surface area contributed by atoms with Crippen molar-refractivity contribution in [1.82, 2.24) is 0 Å². The summed E-state index contributed by atoms with van der Waals surface area (Å²) in [7, 11) is 0. The Morgan fingerprint density at radius 2 is 1.69 bits per heavy atom. The van der Waals surface area contributed by atoms with E-state index in [1.54, 1.807) is 6.07 Å². The van der Waals surface area contributed by atoms with Crippen molar-refractivity contribution in [2.75, 3.05) is 5.73 Å². The zero-order valence-electron chi connectivity index (χ0n) is 8.78. The normalized spacial score (nSPS) is 10.4. The molecule has 0 aliphatic rings. The van der Waals surface area contributed by atoms with Gasteiger partial charge in [-0.25, -0.2) is 0 Å². The van der Waals surface area contributed by atoms with Crippen LogP contribution in [0.25, 0.3) is 11.1 Å². The molecule has 0 saturated heterocycles. The maximum Gasteiger partial charge on any atom is 0.0426 e. The molecule has 0 radical (unpaired) electrons. The molecule has 2 nitrogen and oxygen atoms in total. The van der Waals surface area contributed by atoms with E-state index in [4.69, 9.17) is 23.1 Å². The Morgan fingerprint density at radius 3 is 2.25 bits per heavy atom. The summed E-state index contributed by atoms with van der Waals surface area (Å²) in [6.45, 7) is 0.552. The fourth-order valence-corrected chi connectivity index (χ4v) is 1.80. The molecule has 2 rings (SSSR count). The van der Waals surface area contributed by atoms with Crippen molar-refractivity contribution in [2.24, 2.45) is 5.73 Å². The topological polar surface area (TPSA) is 52.0 Å². The SMILES string of the molecule is NCc1ccc(-c2ccc(Cl)cc2N)cc1. The molecule has 4 N–H and O–H groups in total. The lowest BCUT2D eigenvalue weighted by molar-refractivity contribution is 1.07. The zero-order valence-corrected chi connectivity index (χ0v) is 9.54. The molecule has 0 heterocycles. The summed E-state index contributed by atoms with van der Waals surface area (Å²) < 4.78 is 0. The average molecular weight is 233 g/mol. The second-order valence-corrected chi connectivity index (χ2v) is 4.07. The minimum Gasteiger partial charge on any atom is -0.398 e. The van der Waals surface area contributed by atoms with Crippen molar-refractivity contribution in [3.63, 3.8) is 0 Å². The Bertz CT molecular complexity index is 492. The zero-order chi connectivity index (χ0) is 11.5. The van der Waals surface area contributed by atoms with E-state index in [0.29, 0.717) is 17.3 Å². The molecule has 16 heavy (non-hydrogen) atoms. The van der Waals surface area contributed by atoms with Crippen LogP contribution in [-0.4, -0.2) is 0 Å². The van der Waals surface area contributed by atoms with Crippen molar-refractivity contribution in [2.45, 2.75) is 6.54 Å². The molecular weight excluding hydrogens is 220 g/mol. The van der Waals surface area contributed by atoms with Crippen molar-refractivity contribution in [3.05, 3.63) is 53.1 Å². The molecule has 2 aromatic rings. The van der Waals surface area contributed by atoms with Gasteiger partial charge in [-0.2, -0.15) is 0 Å². The highest BCUT2D eigenvalue weighted by Gasteiger charge is 2.02. The van der Waals surface area contributed by atoms with Crippen LogP contribution in [0.15, 0.2) is 42.5 Å². The Balaban J connectivity index is 2.42. The molecule has 82 valence electrons. The first-order valence-electron chi connectivity index (χ1n) is 5.05. The van der Waals surface area contributed by atoms with Crippen molar-refractivity contribution >= 4 is 17.3 Å². The lowest BCUT2D eigenvalue weighted by Gasteiger charge is -2.07. The summed E-state index contributed by atoms with van der Waals surface area (Å²) in [6.07, 6.45) is 0. The van der Waals surface area contributed by atoms with Gasteiger partial charge in [-0.1, -0.05) is 41.9 Å². The van der Waals surface area contributed by atoms with Gasteiger partial charge in [-0.05, 0) is 23.3 Å². The highest BCUT2D eigenvalue weighted by molar-refractivity contribution is 6.31. The van der Waals surface area contributed by atoms with E-state index in [1.165, 1.54) is 0 Å². The molecule has 0 unspecified atom stereocenters. The quantitative estimate of drug-likeness (QED) is 0.782. The summed E-state index contributed by atoms with van der Waals surface area (Å²) in [5.41, 5.74) is 15.3. The third kappa shape index (κ3) is 2.18. The van der Waals surface area contributed by atoms with Crippen LogP contribution in [0, 0.1) is 0 Å². The van der Waals surface area contributed by atoms with Gasteiger partial charge in [0.2, 0.25) is 0 Å².